The van der Waals surface area contributed by atoms with Crippen LogP contribution in [-0.2, 0) is 0 Å². The van der Waals surface area contributed by atoms with Crippen molar-refractivity contribution in [2.24, 2.45) is 0 Å². The van der Waals surface area contributed by atoms with Gasteiger partial charge in [0.1, 0.15) is 0 Å². The van der Waals surface area contributed by atoms with Crippen LogP contribution in [-0.4, -0.2) is 13.1 Å². The summed E-state index contributed by atoms with van der Waals surface area (Å²) >= 11 is 0. The standard InChI is InChI=1S/C14H31N/c1-4-6-7-8-9-10-11-12-13-14(5-2)15-3/h14-15H,4-13H2,1-3H3. The fraction of sp³-hybridized carbons (Fsp3) is 1.00. The van der Waals surface area contributed by atoms with E-state index in [9.17, 15) is 0 Å². The molecule has 0 fully saturated rings. The zero-order valence-electron chi connectivity index (χ0n) is 11.1. The van der Waals surface area contributed by atoms with E-state index >= 15 is 0 Å². The minimum atomic E-state index is 0.755. The van der Waals surface area contributed by atoms with Crippen molar-refractivity contribution in [2.45, 2.75) is 84.1 Å². The molecule has 0 saturated carbocycles. The van der Waals surface area contributed by atoms with Crippen LogP contribution >= 0.6 is 0 Å². The second kappa shape index (κ2) is 12.0. The van der Waals surface area contributed by atoms with E-state index in [2.05, 4.69) is 26.2 Å². The van der Waals surface area contributed by atoms with Crippen LogP contribution in [0.3, 0.4) is 0 Å². The topological polar surface area (TPSA) is 12.0 Å². The summed E-state index contributed by atoms with van der Waals surface area (Å²) in [5, 5.41) is 3.37. The normalized spacial score (nSPS) is 13.0. The Kier molecular flexibility index (Phi) is 12.0. The Balaban J connectivity index is 3.04. The predicted molar refractivity (Wildman–Crippen MR) is 70.4 cm³/mol. The third kappa shape index (κ3) is 10.2. The highest BCUT2D eigenvalue weighted by atomic mass is 14.9. The summed E-state index contributed by atoms with van der Waals surface area (Å²) in [6, 6.07) is 0.755. The molecule has 1 nitrogen and oxygen atoms in total. The molecule has 0 aliphatic heterocycles. The van der Waals surface area contributed by atoms with Gasteiger partial charge in [-0.1, -0.05) is 65.2 Å². The van der Waals surface area contributed by atoms with Gasteiger partial charge in [-0.3, -0.25) is 0 Å². The predicted octanol–water partition coefficient (Wildman–Crippen LogP) is 4.52. The van der Waals surface area contributed by atoms with E-state index in [1.54, 1.807) is 0 Å². The molecule has 0 saturated heterocycles. The molecular formula is C14H31N. The Hall–Kier alpha value is -0.0400. The van der Waals surface area contributed by atoms with Crippen LogP contribution < -0.4 is 5.32 Å². The first-order valence-electron chi connectivity index (χ1n) is 7.02. The maximum absolute atomic E-state index is 3.37. The maximum atomic E-state index is 3.37. The van der Waals surface area contributed by atoms with E-state index in [0.29, 0.717) is 0 Å². The van der Waals surface area contributed by atoms with Gasteiger partial charge in [0.2, 0.25) is 0 Å². The highest BCUT2D eigenvalue weighted by molar-refractivity contribution is 4.61. The molecule has 0 bridgehead atoms. The van der Waals surface area contributed by atoms with Crippen LogP contribution in [0.2, 0.25) is 0 Å². The third-order valence-electron chi connectivity index (χ3n) is 3.31. The van der Waals surface area contributed by atoms with E-state index < -0.39 is 0 Å². The van der Waals surface area contributed by atoms with E-state index in [4.69, 9.17) is 0 Å². The summed E-state index contributed by atoms with van der Waals surface area (Å²) in [5.41, 5.74) is 0. The molecule has 1 atom stereocenters. The van der Waals surface area contributed by atoms with Gasteiger partial charge in [0, 0.05) is 6.04 Å². The SMILES string of the molecule is CCCCCCCCCCC(CC)NC. The number of hydrogen-bond donors (Lipinski definition) is 1. The van der Waals surface area contributed by atoms with Gasteiger partial charge in [0.15, 0.2) is 0 Å². The first-order chi connectivity index (χ1) is 7.35. The smallest absolute Gasteiger partial charge is 0.00614 e. The van der Waals surface area contributed by atoms with E-state index in [1.165, 1.54) is 64.2 Å². The van der Waals surface area contributed by atoms with Crippen LogP contribution in [0.4, 0.5) is 0 Å². The highest BCUT2D eigenvalue weighted by Gasteiger charge is 2.01. The fourth-order valence-corrected chi connectivity index (χ4v) is 2.08. The molecular weight excluding hydrogens is 182 g/mol. The monoisotopic (exact) mass is 213 g/mol. The third-order valence-corrected chi connectivity index (χ3v) is 3.31. The van der Waals surface area contributed by atoms with Gasteiger partial charge in [-0.15, -0.1) is 0 Å². The van der Waals surface area contributed by atoms with Crippen molar-refractivity contribution in [3.63, 3.8) is 0 Å². The molecule has 0 aromatic carbocycles. The molecule has 0 heterocycles. The van der Waals surface area contributed by atoms with Crippen molar-refractivity contribution in [1.29, 1.82) is 0 Å². The molecule has 0 rings (SSSR count). The molecule has 0 spiro atoms. The van der Waals surface area contributed by atoms with Crippen LogP contribution in [0.5, 0.6) is 0 Å². The summed E-state index contributed by atoms with van der Waals surface area (Å²) in [6.45, 7) is 4.55. The second-order valence-corrected chi connectivity index (χ2v) is 4.66. The lowest BCUT2D eigenvalue weighted by molar-refractivity contribution is 0.470. The molecule has 0 radical (unpaired) electrons. The average molecular weight is 213 g/mol. The van der Waals surface area contributed by atoms with E-state index in [1.807, 2.05) is 0 Å². The van der Waals surface area contributed by atoms with Crippen molar-refractivity contribution in [1.82, 2.24) is 5.32 Å². The van der Waals surface area contributed by atoms with Crippen LogP contribution in [0.1, 0.15) is 78.1 Å². The van der Waals surface area contributed by atoms with Crippen LogP contribution in [0.15, 0.2) is 0 Å². The first-order valence-corrected chi connectivity index (χ1v) is 7.02. The second-order valence-electron chi connectivity index (χ2n) is 4.66. The lowest BCUT2D eigenvalue weighted by Crippen LogP contribution is -2.23. The first kappa shape index (κ1) is 15.0. The van der Waals surface area contributed by atoms with Crippen LogP contribution in [0.25, 0.3) is 0 Å². The average Bonchev–Trinajstić information content (AvgIpc) is 2.27. The number of hydrogen-bond acceptors (Lipinski definition) is 1. The minimum absolute atomic E-state index is 0.755. The van der Waals surface area contributed by atoms with Crippen molar-refractivity contribution >= 4 is 0 Å². The number of nitrogens with one attached hydrogen (secondary N) is 1. The molecule has 1 unspecified atom stereocenters. The maximum Gasteiger partial charge on any atom is 0.00614 e. The molecule has 0 aliphatic rings. The zero-order chi connectivity index (χ0) is 11.4. The lowest BCUT2D eigenvalue weighted by atomic mass is 10.0. The minimum Gasteiger partial charge on any atom is -0.317 e. The largest absolute Gasteiger partial charge is 0.317 e. The number of rotatable bonds is 11. The van der Waals surface area contributed by atoms with Gasteiger partial charge in [-0.25, -0.2) is 0 Å². The quantitative estimate of drug-likeness (QED) is 0.498. The Morgan fingerprint density at radius 2 is 1.33 bits per heavy atom. The van der Waals surface area contributed by atoms with Crippen molar-refractivity contribution in [3.8, 4) is 0 Å². The van der Waals surface area contributed by atoms with E-state index in [0.717, 1.165) is 6.04 Å². The summed E-state index contributed by atoms with van der Waals surface area (Å²) in [5.74, 6) is 0. The lowest BCUT2D eigenvalue weighted by Gasteiger charge is -2.12. The Morgan fingerprint density at radius 3 is 1.80 bits per heavy atom. The fourth-order valence-electron chi connectivity index (χ4n) is 2.08. The molecule has 1 N–H and O–H groups in total. The summed E-state index contributed by atoms with van der Waals surface area (Å²) in [7, 11) is 2.08. The van der Waals surface area contributed by atoms with Gasteiger partial charge < -0.3 is 5.32 Å². The Labute approximate surface area is 97.0 Å². The van der Waals surface area contributed by atoms with Gasteiger partial charge in [0.05, 0.1) is 0 Å². The van der Waals surface area contributed by atoms with Gasteiger partial charge in [-0.05, 0) is 19.9 Å². The molecule has 1 heteroatoms. The Bertz CT molecular complexity index is 108. The van der Waals surface area contributed by atoms with Gasteiger partial charge in [0.25, 0.3) is 0 Å². The van der Waals surface area contributed by atoms with Gasteiger partial charge in [-0.2, -0.15) is 0 Å². The van der Waals surface area contributed by atoms with Crippen molar-refractivity contribution in [3.05, 3.63) is 0 Å². The van der Waals surface area contributed by atoms with Gasteiger partial charge >= 0.3 is 0 Å². The Morgan fingerprint density at radius 1 is 0.800 bits per heavy atom. The summed E-state index contributed by atoms with van der Waals surface area (Å²) in [6.07, 6.45) is 14.1. The van der Waals surface area contributed by atoms with Crippen LogP contribution in [0, 0.1) is 0 Å². The zero-order valence-corrected chi connectivity index (χ0v) is 11.1. The summed E-state index contributed by atoms with van der Waals surface area (Å²) in [4.78, 5) is 0. The number of unbranched alkanes of at least 4 members (excludes halogenated alkanes) is 7. The van der Waals surface area contributed by atoms with Crippen molar-refractivity contribution < 1.29 is 0 Å². The summed E-state index contributed by atoms with van der Waals surface area (Å²) < 4.78 is 0. The molecule has 0 amide bonds. The van der Waals surface area contributed by atoms with E-state index in [-0.39, 0.29) is 0 Å². The molecule has 0 aromatic rings. The molecule has 0 aliphatic carbocycles. The molecule has 0 aromatic heterocycles. The highest BCUT2D eigenvalue weighted by Crippen LogP contribution is 2.11. The molecule has 92 valence electrons. The molecule has 15 heavy (non-hydrogen) atoms. The van der Waals surface area contributed by atoms with Crippen molar-refractivity contribution in [2.75, 3.05) is 7.05 Å².